The molecule has 3 aromatic rings. The number of imidazole rings is 1. The highest BCUT2D eigenvalue weighted by Crippen LogP contribution is 2.30. The number of carbonyl (C=O) groups excluding carboxylic acids is 1. The smallest absolute Gasteiger partial charge is 0.364 e. The van der Waals surface area contributed by atoms with Gasteiger partial charge in [-0.3, -0.25) is 9.20 Å². The maximum Gasteiger partial charge on any atom is 0.434 e. The van der Waals surface area contributed by atoms with Gasteiger partial charge in [-0.25, -0.2) is 19.9 Å². The summed E-state index contributed by atoms with van der Waals surface area (Å²) in [4.78, 5) is 31.8. The molecular weight excluding hydrogens is 403 g/mol. The van der Waals surface area contributed by atoms with Crippen molar-refractivity contribution in [2.45, 2.75) is 18.3 Å². The predicted molar refractivity (Wildman–Crippen MR) is 97.5 cm³/mol. The fourth-order valence-corrected chi connectivity index (χ4v) is 3.79. The Bertz CT molecular complexity index is 1130. The number of nitrogens with zero attached hydrogens (tertiary/aromatic N) is 7. The molecular formula is C18H16F3N7O2. The number of hydrogen-bond donors (Lipinski definition) is 0. The van der Waals surface area contributed by atoms with E-state index in [4.69, 9.17) is 4.74 Å². The Morgan fingerprint density at radius 1 is 1.17 bits per heavy atom. The summed E-state index contributed by atoms with van der Waals surface area (Å²) in [6.45, 7) is 1.14. The van der Waals surface area contributed by atoms with Crippen LogP contribution in [0.25, 0.3) is 17.2 Å². The SMILES string of the molecule is CN1C(=O)COC2CN(c3ccnc(-c4cnc5cnc(C(F)(F)F)cn45)n3)CC21. The van der Waals surface area contributed by atoms with Gasteiger partial charge < -0.3 is 14.5 Å². The molecule has 0 aliphatic carbocycles. The Morgan fingerprint density at radius 3 is 2.80 bits per heavy atom. The first kappa shape index (κ1) is 18.7. The van der Waals surface area contributed by atoms with Gasteiger partial charge in [-0.1, -0.05) is 0 Å². The molecule has 0 aromatic carbocycles. The van der Waals surface area contributed by atoms with E-state index in [1.165, 1.54) is 10.6 Å². The van der Waals surface area contributed by atoms with E-state index in [1.807, 2.05) is 4.90 Å². The predicted octanol–water partition coefficient (Wildman–Crippen LogP) is 1.25. The minimum Gasteiger partial charge on any atom is -0.364 e. The van der Waals surface area contributed by atoms with E-state index in [2.05, 4.69) is 19.9 Å². The highest BCUT2D eigenvalue weighted by molar-refractivity contribution is 5.78. The van der Waals surface area contributed by atoms with Crippen molar-refractivity contribution in [1.82, 2.24) is 29.2 Å². The lowest BCUT2D eigenvalue weighted by Gasteiger charge is -2.33. The number of carbonyl (C=O) groups is 1. The van der Waals surface area contributed by atoms with Gasteiger partial charge in [-0.05, 0) is 6.07 Å². The average Bonchev–Trinajstić information content (AvgIpc) is 3.34. The highest BCUT2D eigenvalue weighted by Gasteiger charge is 2.42. The molecule has 0 N–H and O–H groups in total. The molecule has 2 aliphatic heterocycles. The monoisotopic (exact) mass is 419 g/mol. The third-order valence-electron chi connectivity index (χ3n) is 5.43. The number of fused-ring (bicyclic) bond motifs is 2. The minimum atomic E-state index is -4.58. The molecule has 0 radical (unpaired) electrons. The number of halogens is 3. The molecule has 0 saturated carbocycles. The molecule has 2 unspecified atom stereocenters. The van der Waals surface area contributed by atoms with Crippen LogP contribution in [0.3, 0.4) is 0 Å². The number of aromatic nitrogens is 5. The lowest BCUT2D eigenvalue weighted by molar-refractivity contribution is -0.150. The molecule has 5 rings (SSSR count). The lowest BCUT2D eigenvalue weighted by Crippen LogP contribution is -2.51. The van der Waals surface area contributed by atoms with Gasteiger partial charge >= 0.3 is 6.18 Å². The molecule has 3 aromatic heterocycles. The molecule has 30 heavy (non-hydrogen) atoms. The number of likely N-dealkylation sites (N-methyl/N-ethyl adjacent to an activating group) is 1. The maximum absolute atomic E-state index is 13.1. The quantitative estimate of drug-likeness (QED) is 0.618. The van der Waals surface area contributed by atoms with Crippen LogP contribution in [0.2, 0.25) is 0 Å². The van der Waals surface area contributed by atoms with Gasteiger partial charge in [0.05, 0.1) is 24.5 Å². The average molecular weight is 419 g/mol. The molecule has 0 bridgehead atoms. The van der Waals surface area contributed by atoms with Gasteiger partial charge in [0.25, 0.3) is 0 Å². The Balaban J connectivity index is 1.48. The van der Waals surface area contributed by atoms with E-state index in [0.29, 0.717) is 24.6 Å². The third-order valence-corrected chi connectivity index (χ3v) is 5.43. The number of amides is 1. The van der Waals surface area contributed by atoms with Crippen molar-refractivity contribution in [3.63, 3.8) is 0 Å². The van der Waals surface area contributed by atoms with E-state index in [1.54, 1.807) is 24.2 Å². The minimum absolute atomic E-state index is 0.0535. The van der Waals surface area contributed by atoms with Crippen molar-refractivity contribution in [3.05, 3.63) is 36.5 Å². The summed E-state index contributed by atoms with van der Waals surface area (Å²) in [5, 5.41) is 0. The molecule has 9 nitrogen and oxygen atoms in total. The van der Waals surface area contributed by atoms with Crippen molar-refractivity contribution in [3.8, 4) is 11.5 Å². The summed E-state index contributed by atoms with van der Waals surface area (Å²) in [7, 11) is 1.75. The van der Waals surface area contributed by atoms with Crippen LogP contribution in [0.4, 0.5) is 19.0 Å². The number of rotatable bonds is 2. The largest absolute Gasteiger partial charge is 0.434 e. The van der Waals surface area contributed by atoms with Gasteiger partial charge in [0.15, 0.2) is 17.2 Å². The third kappa shape index (κ3) is 3.03. The van der Waals surface area contributed by atoms with Crippen LogP contribution in [0.5, 0.6) is 0 Å². The van der Waals surface area contributed by atoms with Crippen LogP contribution >= 0.6 is 0 Å². The second-order valence-corrected chi connectivity index (χ2v) is 7.21. The van der Waals surface area contributed by atoms with Gasteiger partial charge in [0.2, 0.25) is 5.91 Å². The summed E-state index contributed by atoms with van der Waals surface area (Å²) in [5.41, 5.74) is -0.452. The van der Waals surface area contributed by atoms with Gasteiger partial charge in [0, 0.05) is 32.5 Å². The first-order valence-electron chi connectivity index (χ1n) is 9.17. The second-order valence-electron chi connectivity index (χ2n) is 7.21. The normalized spacial score (nSPS) is 22.1. The van der Waals surface area contributed by atoms with E-state index in [0.717, 1.165) is 12.4 Å². The highest BCUT2D eigenvalue weighted by atomic mass is 19.4. The molecule has 2 aliphatic rings. The zero-order valence-corrected chi connectivity index (χ0v) is 15.7. The zero-order chi connectivity index (χ0) is 21.0. The van der Waals surface area contributed by atoms with Crippen LogP contribution in [0.1, 0.15) is 5.69 Å². The van der Waals surface area contributed by atoms with Crippen molar-refractivity contribution in [1.29, 1.82) is 0 Å². The fraction of sp³-hybridized carbons (Fsp3) is 0.389. The fourth-order valence-electron chi connectivity index (χ4n) is 3.79. The Kier molecular flexibility index (Phi) is 4.13. The second kappa shape index (κ2) is 6.62. The maximum atomic E-state index is 13.1. The first-order valence-corrected chi connectivity index (χ1v) is 9.17. The Hall–Kier alpha value is -3.28. The Morgan fingerprint density at radius 2 is 2.00 bits per heavy atom. The van der Waals surface area contributed by atoms with E-state index < -0.39 is 11.9 Å². The number of alkyl halides is 3. The van der Waals surface area contributed by atoms with Crippen LogP contribution in [0.15, 0.2) is 30.9 Å². The van der Waals surface area contributed by atoms with Crippen LogP contribution in [0, 0.1) is 0 Å². The molecule has 2 atom stereocenters. The van der Waals surface area contributed by atoms with Crippen molar-refractivity contribution >= 4 is 17.4 Å². The van der Waals surface area contributed by atoms with Gasteiger partial charge in [0.1, 0.15) is 18.1 Å². The summed E-state index contributed by atoms with van der Waals surface area (Å²) in [6.07, 6.45) is 0.199. The molecule has 2 saturated heterocycles. The standard InChI is InChI=1S/C18H16F3N7O2/c1-26-11-6-27(7-12(11)30-9-16(26)29)14-2-3-22-17(25-14)10-4-24-15-5-23-13(8-28(10)15)18(19,20)21/h2-5,8,11-12H,6-7,9H2,1H3. The lowest BCUT2D eigenvalue weighted by atomic mass is 10.1. The molecule has 1 amide bonds. The van der Waals surface area contributed by atoms with Crippen molar-refractivity contribution < 1.29 is 22.7 Å². The topological polar surface area (TPSA) is 88.8 Å². The van der Waals surface area contributed by atoms with Crippen molar-refractivity contribution in [2.24, 2.45) is 0 Å². The molecule has 12 heteroatoms. The number of anilines is 1. The first-order chi connectivity index (χ1) is 14.3. The molecule has 0 spiro atoms. The number of ether oxygens (including phenoxy) is 1. The number of morpholine rings is 1. The summed E-state index contributed by atoms with van der Waals surface area (Å²) in [6, 6.07) is 1.63. The summed E-state index contributed by atoms with van der Waals surface area (Å²) < 4.78 is 46.1. The van der Waals surface area contributed by atoms with Gasteiger partial charge in [-0.2, -0.15) is 13.2 Å². The molecule has 2 fully saturated rings. The van der Waals surface area contributed by atoms with Crippen LogP contribution < -0.4 is 4.90 Å². The van der Waals surface area contributed by atoms with E-state index >= 15 is 0 Å². The molecule has 5 heterocycles. The summed E-state index contributed by atoms with van der Waals surface area (Å²) >= 11 is 0. The van der Waals surface area contributed by atoms with Crippen LogP contribution in [-0.2, 0) is 15.7 Å². The zero-order valence-electron chi connectivity index (χ0n) is 15.7. The van der Waals surface area contributed by atoms with Crippen molar-refractivity contribution in [2.75, 3.05) is 31.6 Å². The van der Waals surface area contributed by atoms with E-state index in [-0.39, 0.29) is 36.1 Å². The summed E-state index contributed by atoms with van der Waals surface area (Å²) in [5.74, 6) is 0.764. The van der Waals surface area contributed by atoms with Crippen LogP contribution in [-0.4, -0.2) is 74.0 Å². The Labute approximate surface area is 168 Å². The van der Waals surface area contributed by atoms with E-state index in [9.17, 15) is 18.0 Å². The number of hydrogen-bond acceptors (Lipinski definition) is 7. The van der Waals surface area contributed by atoms with Gasteiger partial charge in [-0.15, -0.1) is 0 Å². The molecule has 156 valence electrons.